The summed E-state index contributed by atoms with van der Waals surface area (Å²) in [7, 11) is 0. The normalized spacial score (nSPS) is 19.5. The molecule has 2 amide bonds. The van der Waals surface area contributed by atoms with Gasteiger partial charge in [-0.2, -0.15) is 13.2 Å². The van der Waals surface area contributed by atoms with Crippen LogP contribution in [-0.4, -0.2) is 51.2 Å². The maximum absolute atomic E-state index is 13.0. The molecule has 0 spiro atoms. The number of hydrogen-bond acceptors (Lipinski definition) is 4. The second-order valence-corrected chi connectivity index (χ2v) is 6.53. The van der Waals surface area contributed by atoms with Crippen LogP contribution < -0.4 is 5.32 Å². The summed E-state index contributed by atoms with van der Waals surface area (Å²) in [6.45, 7) is 0.635. The number of aromatic nitrogens is 2. The fourth-order valence-electron chi connectivity index (χ4n) is 3.04. The minimum absolute atomic E-state index is 0.365. The van der Waals surface area contributed by atoms with Crippen molar-refractivity contribution in [3.63, 3.8) is 0 Å². The summed E-state index contributed by atoms with van der Waals surface area (Å²) >= 11 is 0. The molecule has 148 valence electrons. The molecule has 2 heterocycles. The molecule has 0 bridgehead atoms. The zero-order valence-electron chi connectivity index (χ0n) is 14.8. The van der Waals surface area contributed by atoms with Gasteiger partial charge in [0.25, 0.3) is 0 Å². The molecule has 1 saturated heterocycles. The number of nitrogens with zero attached hydrogens (tertiary/aromatic N) is 3. The maximum Gasteiger partial charge on any atom is 0.394 e. The Morgan fingerprint density at radius 1 is 1.18 bits per heavy atom. The number of aliphatic carboxylic acids is 1. The maximum atomic E-state index is 13.0. The van der Waals surface area contributed by atoms with E-state index in [-0.39, 0.29) is 0 Å². The molecule has 0 radical (unpaired) electrons. The van der Waals surface area contributed by atoms with E-state index in [1.807, 2.05) is 6.92 Å². The number of likely N-dealkylation sites (tertiary alicyclic amines) is 1. The Morgan fingerprint density at radius 2 is 1.86 bits per heavy atom. The number of benzene rings is 1. The number of carboxylic acids is 1. The van der Waals surface area contributed by atoms with Gasteiger partial charge < -0.3 is 15.3 Å². The van der Waals surface area contributed by atoms with Crippen LogP contribution in [-0.2, 0) is 4.79 Å². The first-order chi connectivity index (χ1) is 13.1. The predicted molar refractivity (Wildman–Crippen MR) is 93.5 cm³/mol. The number of amides is 2. The first-order valence-electron chi connectivity index (χ1n) is 8.40. The fourth-order valence-corrected chi connectivity index (χ4v) is 3.04. The Morgan fingerprint density at radius 3 is 2.39 bits per heavy atom. The monoisotopic (exact) mass is 394 g/mol. The van der Waals surface area contributed by atoms with Crippen LogP contribution in [0.15, 0.2) is 36.5 Å². The van der Waals surface area contributed by atoms with E-state index in [0.717, 1.165) is 10.6 Å². The summed E-state index contributed by atoms with van der Waals surface area (Å²) < 4.78 is 39.1. The van der Waals surface area contributed by atoms with E-state index in [1.54, 1.807) is 36.5 Å². The molecular weight excluding hydrogens is 377 g/mol. The van der Waals surface area contributed by atoms with Gasteiger partial charge >= 0.3 is 18.2 Å². The van der Waals surface area contributed by atoms with Crippen LogP contribution in [0, 0.1) is 18.8 Å². The summed E-state index contributed by atoms with van der Waals surface area (Å²) in [6, 6.07) is 7.47. The minimum atomic E-state index is -4.69. The van der Waals surface area contributed by atoms with E-state index < -0.39 is 43.1 Å². The van der Waals surface area contributed by atoms with Gasteiger partial charge in [-0.05, 0) is 37.3 Å². The number of hydrogen-bond donors (Lipinski definition) is 2. The Kier molecular flexibility index (Phi) is 5.21. The predicted octanol–water partition coefficient (Wildman–Crippen LogP) is 3.18. The summed E-state index contributed by atoms with van der Waals surface area (Å²) in [5.41, 5.74) is 1.87. The molecule has 7 nitrogen and oxygen atoms in total. The second kappa shape index (κ2) is 7.45. The Labute approximate surface area is 158 Å². The molecule has 1 fully saturated rings. The van der Waals surface area contributed by atoms with E-state index in [4.69, 9.17) is 5.11 Å². The number of halogens is 3. The molecule has 3 rings (SSSR count). The highest BCUT2D eigenvalue weighted by atomic mass is 19.4. The quantitative estimate of drug-likeness (QED) is 0.834. The van der Waals surface area contributed by atoms with Crippen molar-refractivity contribution in [2.24, 2.45) is 11.8 Å². The summed E-state index contributed by atoms with van der Waals surface area (Å²) in [6.07, 6.45) is -3.07. The molecule has 1 aromatic carbocycles. The number of rotatable bonds is 3. The van der Waals surface area contributed by atoms with Crippen molar-refractivity contribution in [3.05, 3.63) is 42.2 Å². The lowest BCUT2D eigenvalue weighted by atomic mass is 9.96. The zero-order chi connectivity index (χ0) is 20.5. The molecule has 1 aliphatic rings. The van der Waals surface area contributed by atoms with Crippen molar-refractivity contribution in [1.29, 1.82) is 0 Å². The molecule has 0 aliphatic carbocycles. The van der Waals surface area contributed by atoms with E-state index in [2.05, 4.69) is 15.3 Å². The molecule has 2 atom stereocenters. The molecule has 10 heteroatoms. The molecule has 2 N–H and O–H groups in total. The number of carboxylic acid groups (broad SMARTS) is 1. The van der Waals surface area contributed by atoms with Gasteiger partial charge in [-0.1, -0.05) is 0 Å². The van der Waals surface area contributed by atoms with Crippen LogP contribution in [0.4, 0.5) is 23.7 Å². The van der Waals surface area contributed by atoms with Crippen LogP contribution in [0.3, 0.4) is 0 Å². The molecule has 1 aliphatic heterocycles. The van der Waals surface area contributed by atoms with Gasteiger partial charge in [-0.3, -0.25) is 4.79 Å². The van der Waals surface area contributed by atoms with Crippen molar-refractivity contribution in [2.75, 3.05) is 18.4 Å². The van der Waals surface area contributed by atoms with Crippen molar-refractivity contribution in [2.45, 2.75) is 13.1 Å². The Balaban J connectivity index is 1.69. The highest BCUT2D eigenvalue weighted by molar-refractivity contribution is 5.90. The van der Waals surface area contributed by atoms with Gasteiger partial charge in [0, 0.05) is 36.2 Å². The summed E-state index contributed by atoms with van der Waals surface area (Å²) in [4.78, 5) is 32.7. The third-order valence-electron chi connectivity index (χ3n) is 4.53. The molecule has 2 aromatic rings. The molecular formula is C18H17F3N4O3. The lowest BCUT2D eigenvalue weighted by molar-refractivity contribution is -0.187. The molecule has 0 unspecified atom stereocenters. The first-order valence-corrected chi connectivity index (χ1v) is 8.40. The van der Waals surface area contributed by atoms with Crippen LogP contribution in [0.25, 0.3) is 11.4 Å². The smallest absolute Gasteiger partial charge is 0.394 e. The number of alkyl halides is 3. The number of carbonyl (C=O) groups is 2. The zero-order valence-corrected chi connectivity index (χ0v) is 14.8. The summed E-state index contributed by atoms with van der Waals surface area (Å²) in [5, 5.41) is 11.5. The lowest BCUT2D eigenvalue weighted by Gasteiger charge is -2.18. The average molecular weight is 394 g/mol. The van der Waals surface area contributed by atoms with E-state index in [0.29, 0.717) is 17.1 Å². The third kappa shape index (κ3) is 4.21. The molecule has 0 saturated carbocycles. The van der Waals surface area contributed by atoms with Crippen LogP contribution in [0.2, 0.25) is 0 Å². The summed E-state index contributed by atoms with van der Waals surface area (Å²) in [5.74, 6) is -4.82. The standard InChI is InChI=1S/C18H17F3N4O3/c1-10-6-7-22-15(23-10)11-2-4-12(5-3-11)24-17(28)25-8-13(16(26)27)14(9-25)18(19,20)21/h2-7,13-14H,8-9H2,1H3,(H,24,28)(H,26,27)/t13-,14-/m1/s1. The van der Waals surface area contributed by atoms with Crippen LogP contribution in [0.1, 0.15) is 5.69 Å². The van der Waals surface area contributed by atoms with Crippen molar-refractivity contribution < 1.29 is 27.9 Å². The highest BCUT2D eigenvalue weighted by Crippen LogP contribution is 2.37. The van der Waals surface area contributed by atoms with Crippen LogP contribution >= 0.6 is 0 Å². The lowest BCUT2D eigenvalue weighted by Crippen LogP contribution is -2.35. The van der Waals surface area contributed by atoms with Gasteiger partial charge in [0.05, 0.1) is 11.8 Å². The minimum Gasteiger partial charge on any atom is -0.481 e. The number of aryl methyl sites for hydroxylation is 1. The number of anilines is 1. The van der Waals surface area contributed by atoms with Gasteiger partial charge in [0.1, 0.15) is 0 Å². The van der Waals surface area contributed by atoms with Crippen LogP contribution in [0.5, 0.6) is 0 Å². The highest BCUT2D eigenvalue weighted by Gasteiger charge is 2.53. The fraction of sp³-hybridized carbons (Fsp3) is 0.333. The largest absolute Gasteiger partial charge is 0.481 e. The van der Waals surface area contributed by atoms with Gasteiger partial charge in [-0.25, -0.2) is 14.8 Å². The van der Waals surface area contributed by atoms with Gasteiger partial charge in [-0.15, -0.1) is 0 Å². The van der Waals surface area contributed by atoms with E-state index >= 15 is 0 Å². The molecule has 28 heavy (non-hydrogen) atoms. The Hall–Kier alpha value is -3.17. The van der Waals surface area contributed by atoms with Crippen molar-refractivity contribution in [3.8, 4) is 11.4 Å². The third-order valence-corrected chi connectivity index (χ3v) is 4.53. The topological polar surface area (TPSA) is 95.4 Å². The number of urea groups is 1. The number of nitrogens with one attached hydrogen (secondary N) is 1. The van der Waals surface area contributed by atoms with Crippen molar-refractivity contribution >= 4 is 17.7 Å². The second-order valence-electron chi connectivity index (χ2n) is 6.53. The van der Waals surface area contributed by atoms with Gasteiger partial charge in [0.2, 0.25) is 0 Å². The van der Waals surface area contributed by atoms with Gasteiger partial charge in [0.15, 0.2) is 5.82 Å². The van der Waals surface area contributed by atoms with E-state index in [1.165, 1.54) is 0 Å². The Bertz CT molecular complexity index is 886. The van der Waals surface area contributed by atoms with Crippen molar-refractivity contribution in [1.82, 2.24) is 14.9 Å². The SMILES string of the molecule is Cc1ccnc(-c2ccc(NC(=O)N3C[C@@H](C(F)(F)F)[C@H](C(=O)O)C3)cc2)n1. The van der Waals surface area contributed by atoms with E-state index in [9.17, 15) is 22.8 Å². The first kappa shape index (κ1) is 19.6. The average Bonchev–Trinajstić information content (AvgIpc) is 3.09. The number of carbonyl (C=O) groups excluding carboxylic acids is 1. The molecule has 1 aromatic heterocycles.